The van der Waals surface area contributed by atoms with E-state index in [1.54, 1.807) is 0 Å². The molecule has 18 heavy (non-hydrogen) atoms. The van der Waals surface area contributed by atoms with Gasteiger partial charge in [-0.25, -0.2) is 0 Å². The zero-order valence-electron chi connectivity index (χ0n) is 8.02. The molecule has 0 fully saturated rings. The second-order valence-electron chi connectivity index (χ2n) is 2.10. The van der Waals surface area contributed by atoms with Crippen LogP contribution in [0, 0.1) is 0 Å². The number of hydrogen-bond donors (Lipinski definition) is 3. The van der Waals surface area contributed by atoms with Crippen LogP contribution in [0.5, 0.6) is 0 Å². The SMILES string of the molecule is O=C=[O+]C(=O)[O+](C(=O)O)C(=O)[O+](C(=O)O)C(=O)O. The molecule has 0 radical (unpaired) electrons. The van der Waals surface area contributed by atoms with Gasteiger partial charge in [0.2, 0.25) is 0 Å². The molecule has 0 saturated carbocycles. The maximum atomic E-state index is 11.1. The van der Waals surface area contributed by atoms with Crippen molar-refractivity contribution in [2.45, 2.75) is 0 Å². The first-order chi connectivity index (χ1) is 8.23. The molecule has 0 aromatic heterocycles. The zero-order chi connectivity index (χ0) is 14.5. The van der Waals surface area contributed by atoms with Gasteiger partial charge in [-0.1, -0.05) is 0 Å². The Bertz CT molecular complexity index is 453. The lowest BCUT2D eigenvalue weighted by molar-refractivity contribution is -0.389. The molecular formula is C6H3O12+3. The van der Waals surface area contributed by atoms with Gasteiger partial charge in [-0.2, -0.15) is 4.79 Å². The van der Waals surface area contributed by atoms with Crippen molar-refractivity contribution in [1.82, 2.24) is 0 Å². The fourth-order valence-corrected chi connectivity index (χ4v) is 0.587. The third-order valence-electron chi connectivity index (χ3n) is 1.15. The summed E-state index contributed by atoms with van der Waals surface area (Å²) in [6.45, 7) is 0. The highest BCUT2D eigenvalue weighted by atomic mass is 17.0. The Kier molecular flexibility index (Phi) is 4.68. The van der Waals surface area contributed by atoms with Gasteiger partial charge in [0, 0.05) is 0 Å². The summed E-state index contributed by atoms with van der Waals surface area (Å²) < 4.78 is 3.15. The summed E-state index contributed by atoms with van der Waals surface area (Å²) >= 11 is 0. The lowest BCUT2D eigenvalue weighted by Crippen LogP contribution is -2.42. The second-order valence-corrected chi connectivity index (χ2v) is 2.10. The molecular weight excluding hydrogens is 264 g/mol. The topological polar surface area (TPSA) is 180 Å². The Morgan fingerprint density at radius 3 is 1.50 bits per heavy atom. The Hall–Kier alpha value is -3.27. The van der Waals surface area contributed by atoms with Gasteiger partial charge >= 0.3 is 36.9 Å². The molecule has 0 rings (SSSR count). The number of carbonyl (C=O) groups excluding carboxylic acids is 4. The van der Waals surface area contributed by atoms with Crippen molar-refractivity contribution in [1.29, 1.82) is 0 Å². The van der Waals surface area contributed by atoms with Crippen LogP contribution in [0.2, 0.25) is 0 Å². The molecule has 0 aliphatic heterocycles. The number of rotatable bonds is 0. The first kappa shape index (κ1) is 14.7. The van der Waals surface area contributed by atoms with Crippen LogP contribution in [0.1, 0.15) is 0 Å². The molecule has 0 aromatic rings. The standard InChI is InChI=1S/C6O12/c7-1-16-5(14)18(4(12)13)6(15)17(2(8)9)3(10)11/p+3. The van der Waals surface area contributed by atoms with E-state index in [9.17, 15) is 28.8 Å². The van der Waals surface area contributed by atoms with Crippen LogP contribution in [-0.2, 0) is 18.0 Å². The van der Waals surface area contributed by atoms with E-state index in [-0.39, 0.29) is 8.73 Å². The first-order valence-electron chi connectivity index (χ1n) is 3.53. The normalized spacial score (nSPS) is 8.67. The molecule has 0 unspecified atom stereocenters. The van der Waals surface area contributed by atoms with Gasteiger partial charge in [-0.15, -0.1) is 4.42 Å². The predicted molar refractivity (Wildman–Crippen MR) is 42.0 cm³/mol. The maximum Gasteiger partial charge on any atom is 0.853 e. The molecule has 0 aliphatic rings. The fourth-order valence-electron chi connectivity index (χ4n) is 0.587. The highest BCUT2D eigenvalue weighted by Crippen LogP contribution is 2.12. The lowest BCUT2D eigenvalue weighted by Gasteiger charge is -2.09. The number of hydrogen-bond acceptors (Lipinski definition) is 6. The molecule has 0 heterocycles. The highest BCUT2D eigenvalue weighted by Gasteiger charge is 2.54. The van der Waals surface area contributed by atoms with Gasteiger partial charge in [0.15, 0.2) is 0 Å². The molecule has 0 aromatic carbocycles. The van der Waals surface area contributed by atoms with E-state index in [0.29, 0.717) is 6.15 Å². The summed E-state index contributed by atoms with van der Waals surface area (Å²) in [5.41, 5.74) is 0. The van der Waals surface area contributed by atoms with E-state index in [0.717, 1.165) is 0 Å². The van der Waals surface area contributed by atoms with Crippen molar-refractivity contribution in [2.24, 2.45) is 0 Å². The van der Waals surface area contributed by atoms with Crippen LogP contribution >= 0.6 is 0 Å². The Balaban J connectivity index is 5.51. The van der Waals surface area contributed by atoms with Crippen LogP contribution in [0.3, 0.4) is 0 Å². The van der Waals surface area contributed by atoms with Gasteiger partial charge in [-0.3, -0.25) is 8.73 Å². The summed E-state index contributed by atoms with van der Waals surface area (Å²) in [4.78, 5) is 62.5. The highest BCUT2D eigenvalue weighted by molar-refractivity contribution is 6.02. The predicted octanol–water partition coefficient (Wildman–Crippen LogP) is 0.331. The van der Waals surface area contributed by atoms with Crippen molar-refractivity contribution < 1.29 is 57.2 Å². The van der Waals surface area contributed by atoms with Gasteiger partial charge in [0.05, 0.1) is 0 Å². The molecule has 0 amide bonds. The summed E-state index contributed by atoms with van der Waals surface area (Å²) in [5.74, 6) is 0. The summed E-state index contributed by atoms with van der Waals surface area (Å²) in [7, 11) is 0. The van der Waals surface area contributed by atoms with Crippen LogP contribution in [0.25, 0.3) is 0 Å². The molecule has 12 nitrogen and oxygen atoms in total. The van der Waals surface area contributed by atoms with E-state index in [1.165, 1.54) is 0 Å². The second kappa shape index (κ2) is 5.72. The van der Waals surface area contributed by atoms with Crippen LogP contribution in [-0.4, -0.2) is 52.2 Å². The van der Waals surface area contributed by atoms with Crippen molar-refractivity contribution in [3.8, 4) is 0 Å². The molecule has 3 N–H and O–H groups in total. The molecule has 0 atom stereocenters. The first-order valence-corrected chi connectivity index (χ1v) is 3.53. The van der Waals surface area contributed by atoms with Crippen molar-refractivity contribution in [3.63, 3.8) is 0 Å². The number of carboxylic acid groups (broad SMARTS) is 3. The minimum absolute atomic E-state index is 0.0397. The van der Waals surface area contributed by atoms with E-state index < -0.39 is 30.8 Å². The Morgan fingerprint density at radius 2 is 1.22 bits per heavy atom. The summed E-state index contributed by atoms with van der Waals surface area (Å²) in [6, 6.07) is 0. The van der Waals surface area contributed by atoms with E-state index in [4.69, 9.17) is 15.3 Å². The monoisotopic (exact) mass is 267 g/mol. The molecule has 0 saturated heterocycles. The van der Waals surface area contributed by atoms with Gasteiger partial charge in [0.1, 0.15) is 9.59 Å². The third-order valence-corrected chi connectivity index (χ3v) is 1.15. The van der Waals surface area contributed by atoms with Crippen LogP contribution in [0.4, 0.5) is 24.0 Å². The summed E-state index contributed by atoms with van der Waals surface area (Å²) in [5, 5.41) is 24.9. The third kappa shape index (κ3) is 3.11. The van der Waals surface area contributed by atoms with Crippen molar-refractivity contribution in [2.75, 3.05) is 0 Å². The lowest BCUT2D eigenvalue weighted by atomic mass is 11.0. The molecule has 0 aliphatic carbocycles. The van der Waals surface area contributed by atoms with Gasteiger partial charge < -0.3 is 15.3 Å². The molecule has 0 spiro atoms. The largest absolute Gasteiger partial charge is 0.853 e. The van der Waals surface area contributed by atoms with E-state index >= 15 is 0 Å². The Labute approximate surface area is 95.3 Å². The number of carbonyl (C=O) groups is 5. The quantitative estimate of drug-likeness (QED) is 0.316. The van der Waals surface area contributed by atoms with Gasteiger partial charge in [0.25, 0.3) is 0 Å². The van der Waals surface area contributed by atoms with Crippen LogP contribution < -0.4 is 0 Å². The summed E-state index contributed by atoms with van der Waals surface area (Å²) in [6.07, 6.45) is -11.6. The minimum atomic E-state index is -2.46. The average Bonchev–Trinajstić information content (AvgIpc) is 2.15. The van der Waals surface area contributed by atoms with Crippen molar-refractivity contribution in [3.05, 3.63) is 0 Å². The Morgan fingerprint density at radius 1 is 0.833 bits per heavy atom. The van der Waals surface area contributed by atoms with Crippen LogP contribution in [0.15, 0.2) is 0 Å². The van der Waals surface area contributed by atoms with E-state index in [1.807, 2.05) is 0 Å². The van der Waals surface area contributed by atoms with E-state index in [2.05, 4.69) is 4.42 Å². The zero-order valence-corrected chi connectivity index (χ0v) is 8.02. The molecule has 96 valence electrons. The smallest absolute Gasteiger partial charge is 0.439 e. The average molecular weight is 267 g/mol. The molecule has 12 heteroatoms. The minimum Gasteiger partial charge on any atom is -0.439 e. The fraction of sp³-hybridized carbons (Fsp3) is 0. The van der Waals surface area contributed by atoms with Crippen molar-refractivity contribution >= 4 is 36.9 Å². The molecule has 0 bridgehead atoms. The van der Waals surface area contributed by atoms with Gasteiger partial charge in [-0.05, 0) is 14.4 Å². The maximum absolute atomic E-state index is 11.1.